The Morgan fingerprint density at radius 3 is 2.48 bits per heavy atom. The fraction of sp³-hybridized carbons (Fsp3) is 0.0870. The molecule has 0 aliphatic carbocycles. The molecule has 2 heterocycles. The van der Waals surface area contributed by atoms with Crippen molar-refractivity contribution >= 4 is 22.5 Å². The average Bonchev–Trinajstić information content (AvgIpc) is 2.76. The number of pyridine rings is 2. The van der Waals surface area contributed by atoms with Crippen molar-refractivity contribution in [1.82, 2.24) is 9.97 Å². The van der Waals surface area contributed by atoms with Crippen LogP contribution in [0.2, 0.25) is 0 Å². The third kappa shape index (κ3) is 4.50. The first kappa shape index (κ1) is 18.4. The quantitative estimate of drug-likeness (QED) is 0.519. The van der Waals surface area contributed by atoms with Gasteiger partial charge in [0.15, 0.2) is 6.61 Å². The summed E-state index contributed by atoms with van der Waals surface area (Å²) in [6.07, 6.45) is 3.41. The van der Waals surface area contributed by atoms with E-state index in [1.165, 1.54) is 0 Å². The van der Waals surface area contributed by atoms with Gasteiger partial charge in [0.2, 0.25) is 5.88 Å². The number of hydrogen-bond acceptors (Lipinski definition) is 5. The zero-order chi connectivity index (χ0) is 20.1. The number of ether oxygens (including phenoxy) is 2. The fourth-order valence-electron chi connectivity index (χ4n) is 2.89. The predicted molar refractivity (Wildman–Crippen MR) is 111 cm³/mol. The minimum Gasteiger partial charge on any atom is -0.484 e. The molecule has 0 saturated carbocycles. The SMILES string of the molecule is Cc1ccc(NC(=O)COc2ccc(Oc3ccccn3)cc2)c2cccnc12. The molecule has 4 aromatic rings. The fourth-order valence-corrected chi connectivity index (χ4v) is 2.89. The number of aryl methyl sites for hydroxylation is 1. The smallest absolute Gasteiger partial charge is 0.262 e. The van der Waals surface area contributed by atoms with Gasteiger partial charge in [-0.1, -0.05) is 12.1 Å². The second-order valence-corrected chi connectivity index (χ2v) is 6.41. The van der Waals surface area contributed by atoms with Crippen LogP contribution in [0, 0.1) is 6.92 Å². The van der Waals surface area contributed by atoms with Crippen LogP contribution in [0.1, 0.15) is 5.56 Å². The lowest BCUT2D eigenvalue weighted by Gasteiger charge is -2.11. The summed E-state index contributed by atoms with van der Waals surface area (Å²) in [6.45, 7) is 1.89. The van der Waals surface area contributed by atoms with E-state index < -0.39 is 0 Å². The lowest BCUT2D eigenvalue weighted by Crippen LogP contribution is -2.20. The lowest BCUT2D eigenvalue weighted by atomic mass is 10.1. The maximum Gasteiger partial charge on any atom is 0.262 e. The first-order valence-electron chi connectivity index (χ1n) is 9.15. The zero-order valence-electron chi connectivity index (χ0n) is 15.8. The van der Waals surface area contributed by atoms with Gasteiger partial charge >= 0.3 is 0 Å². The molecule has 6 nitrogen and oxygen atoms in total. The number of fused-ring (bicyclic) bond motifs is 1. The molecule has 0 unspecified atom stereocenters. The highest BCUT2D eigenvalue weighted by Crippen LogP contribution is 2.25. The highest BCUT2D eigenvalue weighted by atomic mass is 16.5. The van der Waals surface area contributed by atoms with Crippen LogP contribution in [-0.2, 0) is 4.79 Å². The van der Waals surface area contributed by atoms with E-state index >= 15 is 0 Å². The van der Waals surface area contributed by atoms with Crippen molar-refractivity contribution < 1.29 is 14.3 Å². The Morgan fingerprint density at radius 2 is 1.69 bits per heavy atom. The van der Waals surface area contributed by atoms with E-state index in [2.05, 4.69) is 15.3 Å². The maximum absolute atomic E-state index is 12.3. The van der Waals surface area contributed by atoms with Crippen LogP contribution in [-0.4, -0.2) is 22.5 Å². The van der Waals surface area contributed by atoms with Crippen molar-refractivity contribution in [2.75, 3.05) is 11.9 Å². The number of aromatic nitrogens is 2. The second-order valence-electron chi connectivity index (χ2n) is 6.41. The molecular weight excluding hydrogens is 366 g/mol. The predicted octanol–water partition coefficient (Wildman–Crippen LogP) is 4.75. The molecule has 2 aromatic heterocycles. The molecule has 1 amide bonds. The normalized spacial score (nSPS) is 10.5. The lowest BCUT2D eigenvalue weighted by molar-refractivity contribution is -0.118. The molecule has 0 aliphatic rings. The summed E-state index contributed by atoms with van der Waals surface area (Å²) in [7, 11) is 0. The Kier molecular flexibility index (Phi) is 5.33. The molecule has 6 heteroatoms. The van der Waals surface area contributed by atoms with E-state index in [0.717, 1.165) is 16.5 Å². The molecule has 29 heavy (non-hydrogen) atoms. The molecule has 1 N–H and O–H groups in total. The summed E-state index contributed by atoms with van der Waals surface area (Å²) < 4.78 is 11.2. The van der Waals surface area contributed by atoms with E-state index in [1.54, 1.807) is 42.7 Å². The number of nitrogens with one attached hydrogen (secondary N) is 1. The van der Waals surface area contributed by atoms with Gasteiger partial charge < -0.3 is 14.8 Å². The van der Waals surface area contributed by atoms with Gasteiger partial charge in [-0.3, -0.25) is 9.78 Å². The molecule has 0 aliphatic heterocycles. The maximum atomic E-state index is 12.3. The van der Waals surface area contributed by atoms with Crippen molar-refractivity contribution in [1.29, 1.82) is 0 Å². The summed E-state index contributed by atoms with van der Waals surface area (Å²) in [5.41, 5.74) is 2.64. The van der Waals surface area contributed by atoms with Gasteiger partial charge in [-0.15, -0.1) is 0 Å². The van der Waals surface area contributed by atoms with E-state index in [1.807, 2.05) is 43.3 Å². The van der Waals surface area contributed by atoms with Gasteiger partial charge in [-0.2, -0.15) is 0 Å². The van der Waals surface area contributed by atoms with Crippen LogP contribution < -0.4 is 14.8 Å². The Balaban J connectivity index is 1.36. The molecule has 0 saturated heterocycles. The average molecular weight is 385 g/mol. The van der Waals surface area contributed by atoms with Crippen molar-refractivity contribution in [2.24, 2.45) is 0 Å². The first-order chi connectivity index (χ1) is 14.2. The minimum atomic E-state index is -0.243. The Labute approximate surface area is 168 Å². The van der Waals surface area contributed by atoms with Crippen LogP contribution in [0.5, 0.6) is 17.4 Å². The molecular formula is C23H19N3O3. The van der Waals surface area contributed by atoms with Gasteiger partial charge in [0.25, 0.3) is 5.91 Å². The van der Waals surface area contributed by atoms with Crippen molar-refractivity contribution in [3.8, 4) is 17.4 Å². The molecule has 0 fully saturated rings. The minimum absolute atomic E-state index is 0.101. The number of benzene rings is 2. The molecule has 4 rings (SSSR count). The van der Waals surface area contributed by atoms with Gasteiger partial charge in [0, 0.05) is 23.8 Å². The topological polar surface area (TPSA) is 73.3 Å². The number of amides is 1. The standard InChI is InChI=1S/C23H19N3O3/c1-16-7-12-20(19-5-4-14-25-23(16)19)26-21(27)15-28-17-8-10-18(11-9-17)29-22-6-2-3-13-24-22/h2-14H,15H2,1H3,(H,26,27). The first-order valence-corrected chi connectivity index (χ1v) is 9.15. The van der Waals surface area contributed by atoms with Crippen LogP contribution in [0.4, 0.5) is 5.69 Å². The highest BCUT2D eigenvalue weighted by molar-refractivity contribution is 6.02. The number of carbonyl (C=O) groups excluding carboxylic acids is 1. The Bertz CT molecular complexity index is 1130. The van der Waals surface area contributed by atoms with Crippen LogP contribution in [0.3, 0.4) is 0 Å². The Morgan fingerprint density at radius 1 is 0.897 bits per heavy atom. The van der Waals surface area contributed by atoms with Gasteiger partial charge in [-0.25, -0.2) is 4.98 Å². The van der Waals surface area contributed by atoms with E-state index in [-0.39, 0.29) is 12.5 Å². The number of nitrogens with zero attached hydrogens (tertiary/aromatic N) is 2. The summed E-state index contributed by atoms with van der Waals surface area (Å²) in [5.74, 6) is 1.48. The second kappa shape index (κ2) is 8.39. The van der Waals surface area contributed by atoms with Gasteiger partial charge in [-0.05, 0) is 61.0 Å². The van der Waals surface area contributed by atoms with Crippen LogP contribution in [0.25, 0.3) is 10.9 Å². The van der Waals surface area contributed by atoms with Crippen molar-refractivity contribution in [2.45, 2.75) is 6.92 Å². The van der Waals surface area contributed by atoms with Gasteiger partial charge in [0.05, 0.1) is 11.2 Å². The van der Waals surface area contributed by atoms with Crippen molar-refractivity contribution in [3.05, 3.63) is 84.7 Å². The Hall–Kier alpha value is -3.93. The molecule has 0 atom stereocenters. The van der Waals surface area contributed by atoms with Gasteiger partial charge in [0.1, 0.15) is 11.5 Å². The monoisotopic (exact) mass is 385 g/mol. The highest BCUT2D eigenvalue weighted by Gasteiger charge is 2.09. The number of hydrogen-bond donors (Lipinski definition) is 1. The summed E-state index contributed by atoms with van der Waals surface area (Å²) in [4.78, 5) is 20.8. The zero-order valence-corrected chi connectivity index (χ0v) is 15.8. The van der Waals surface area contributed by atoms with E-state index in [9.17, 15) is 4.79 Å². The number of rotatable bonds is 6. The summed E-state index contributed by atoms with van der Waals surface area (Å²) in [5, 5.41) is 3.79. The summed E-state index contributed by atoms with van der Waals surface area (Å²) >= 11 is 0. The van der Waals surface area contributed by atoms with Crippen LogP contribution >= 0.6 is 0 Å². The largest absolute Gasteiger partial charge is 0.484 e. The van der Waals surface area contributed by atoms with E-state index in [0.29, 0.717) is 23.1 Å². The molecule has 0 radical (unpaired) electrons. The molecule has 2 aromatic carbocycles. The van der Waals surface area contributed by atoms with E-state index in [4.69, 9.17) is 9.47 Å². The number of anilines is 1. The molecule has 0 spiro atoms. The third-order valence-corrected chi connectivity index (χ3v) is 4.30. The van der Waals surface area contributed by atoms with Crippen molar-refractivity contribution in [3.63, 3.8) is 0 Å². The van der Waals surface area contributed by atoms with Crippen LogP contribution in [0.15, 0.2) is 79.1 Å². The molecule has 0 bridgehead atoms. The third-order valence-electron chi connectivity index (χ3n) is 4.30. The molecule has 144 valence electrons. The summed E-state index contributed by atoms with van der Waals surface area (Å²) in [6, 6.07) is 20.1. The number of carbonyl (C=O) groups is 1.